The summed E-state index contributed by atoms with van der Waals surface area (Å²) in [5, 5.41) is 5.90. The Labute approximate surface area is 195 Å². The van der Waals surface area contributed by atoms with Gasteiger partial charge >= 0.3 is 0 Å². The van der Waals surface area contributed by atoms with E-state index in [0.29, 0.717) is 31.9 Å². The number of nitrogens with zero attached hydrogens (tertiary/aromatic N) is 1. The van der Waals surface area contributed by atoms with Gasteiger partial charge in [-0.25, -0.2) is 0 Å². The molecule has 1 unspecified atom stereocenters. The van der Waals surface area contributed by atoms with Gasteiger partial charge in [0, 0.05) is 18.8 Å². The molecule has 0 saturated carbocycles. The average Bonchev–Trinajstić information content (AvgIpc) is 2.84. The zero-order valence-electron chi connectivity index (χ0n) is 19.2. The third-order valence-electron chi connectivity index (χ3n) is 5.32. The zero-order chi connectivity index (χ0) is 23.9. The van der Waals surface area contributed by atoms with Gasteiger partial charge in [0.1, 0.15) is 6.61 Å². The van der Waals surface area contributed by atoms with E-state index < -0.39 is 0 Å². The van der Waals surface area contributed by atoms with Crippen molar-refractivity contribution in [2.75, 3.05) is 25.5 Å². The van der Waals surface area contributed by atoms with E-state index in [1.807, 2.05) is 54.6 Å². The van der Waals surface area contributed by atoms with Crippen molar-refractivity contribution in [3.05, 3.63) is 65.7 Å². The summed E-state index contributed by atoms with van der Waals surface area (Å²) < 4.78 is 4.54. The molecule has 2 aromatic rings. The second-order valence-corrected chi connectivity index (χ2v) is 7.80. The maximum absolute atomic E-state index is 12.5. The minimum atomic E-state index is -0.191. The van der Waals surface area contributed by atoms with Crippen LogP contribution in [0.1, 0.15) is 36.8 Å². The second-order valence-electron chi connectivity index (χ2n) is 7.80. The number of nitrogens with two attached hydrogens (primary N) is 1. The molecule has 33 heavy (non-hydrogen) atoms. The predicted octanol–water partition coefficient (Wildman–Crippen LogP) is 2.43. The molecule has 2 amide bonds. The molecule has 0 aromatic heterocycles. The number of hydrogen-bond donors (Lipinski definition) is 3. The summed E-state index contributed by atoms with van der Waals surface area (Å²) in [5.74, 6) is -0.166. The van der Waals surface area contributed by atoms with E-state index in [2.05, 4.69) is 15.4 Å². The van der Waals surface area contributed by atoms with Gasteiger partial charge in [-0.1, -0.05) is 55.3 Å². The SMILES string of the molecule is CNC1CCCCCN(CC(=O)Nc2cccc(CN)c2)C1=O.O=COCc1ccccc1. The van der Waals surface area contributed by atoms with Crippen molar-refractivity contribution in [3.63, 3.8) is 0 Å². The molecule has 1 saturated heterocycles. The maximum Gasteiger partial charge on any atom is 0.293 e. The summed E-state index contributed by atoms with van der Waals surface area (Å²) >= 11 is 0. The number of rotatable bonds is 8. The van der Waals surface area contributed by atoms with Crippen molar-refractivity contribution in [2.45, 2.75) is 44.9 Å². The number of likely N-dealkylation sites (N-methyl/N-ethyl adjacent to an activating group) is 1. The highest BCUT2D eigenvalue weighted by molar-refractivity contribution is 5.95. The van der Waals surface area contributed by atoms with Crippen molar-refractivity contribution in [3.8, 4) is 0 Å². The monoisotopic (exact) mass is 454 g/mol. The number of ether oxygens (including phenoxy) is 1. The number of benzene rings is 2. The summed E-state index contributed by atoms with van der Waals surface area (Å²) in [6.07, 6.45) is 3.90. The molecule has 1 atom stereocenters. The lowest BCUT2D eigenvalue weighted by molar-refractivity contribution is -0.137. The van der Waals surface area contributed by atoms with Crippen LogP contribution in [0.3, 0.4) is 0 Å². The first kappa shape index (κ1) is 26.0. The van der Waals surface area contributed by atoms with E-state index in [1.54, 1.807) is 11.9 Å². The lowest BCUT2D eigenvalue weighted by atomic mass is 10.0. The Morgan fingerprint density at radius 3 is 2.58 bits per heavy atom. The fraction of sp³-hybridized carbons (Fsp3) is 0.400. The van der Waals surface area contributed by atoms with Crippen LogP contribution >= 0.6 is 0 Å². The molecule has 0 aliphatic carbocycles. The molecule has 0 radical (unpaired) electrons. The van der Waals surface area contributed by atoms with Gasteiger partial charge in [-0.3, -0.25) is 14.4 Å². The Bertz CT molecular complexity index is 876. The van der Waals surface area contributed by atoms with E-state index in [0.717, 1.165) is 36.8 Å². The van der Waals surface area contributed by atoms with Crippen molar-refractivity contribution < 1.29 is 19.1 Å². The molecule has 1 aliphatic rings. The van der Waals surface area contributed by atoms with Crippen LogP contribution in [-0.2, 0) is 32.3 Å². The van der Waals surface area contributed by atoms with Gasteiger partial charge in [0.2, 0.25) is 11.8 Å². The Balaban J connectivity index is 0.000000321. The van der Waals surface area contributed by atoms with E-state index in [-0.39, 0.29) is 24.4 Å². The number of anilines is 1. The minimum absolute atomic E-state index is 0.0121. The summed E-state index contributed by atoms with van der Waals surface area (Å²) in [5.41, 5.74) is 8.29. The summed E-state index contributed by atoms with van der Waals surface area (Å²) in [6.45, 7) is 1.96. The average molecular weight is 455 g/mol. The van der Waals surface area contributed by atoms with Gasteiger partial charge in [0.25, 0.3) is 6.47 Å². The highest BCUT2D eigenvalue weighted by atomic mass is 16.5. The van der Waals surface area contributed by atoms with Crippen LogP contribution in [0.4, 0.5) is 5.69 Å². The Morgan fingerprint density at radius 1 is 1.12 bits per heavy atom. The third kappa shape index (κ3) is 9.43. The molecule has 0 spiro atoms. The first-order chi connectivity index (χ1) is 16.1. The van der Waals surface area contributed by atoms with Gasteiger partial charge in [0.05, 0.1) is 12.6 Å². The van der Waals surface area contributed by atoms with Crippen molar-refractivity contribution >= 4 is 24.0 Å². The number of carbonyl (C=O) groups is 3. The fourth-order valence-electron chi connectivity index (χ4n) is 3.56. The zero-order valence-corrected chi connectivity index (χ0v) is 19.2. The quantitative estimate of drug-likeness (QED) is 0.528. The lowest BCUT2D eigenvalue weighted by Crippen LogP contribution is -2.49. The highest BCUT2D eigenvalue weighted by Crippen LogP contribution is 2.14. The normalized spacial score (nSPS) is 16.0. The van der Waals surface area contributed by atoms with Crippen molar-refractivity contribution in [1.82, 2.24) is 10.2 Å². The van der Waals surface area contributed by atoms with Crippen LogP contribution in [0.2, 0.25) is 0 Å². The van der Waals surface area contributed by atoms with Crippen molar-refractivity contribution in [1.29, 1.82) is 0 Å². The molecule has 8 nitrogen and oxygen atoms in total. The molecule has 1 aliphatic heterocycles. The Morgan fingerprint density at radius 2 is 1.88 bits per heavy atom. The second kappa shape index (κ2) is 14.8. The third-order valence-corrected chi connectivity index (χ3v) is 5.32. The van der Waals surface area contributed by atoms with Crippen LogP contribution in [0.5, 0.6) is 0 Å². The summed E-state index contributed by atoms with van der Waals surface area (Å²) in [4.78, 5) is 36.2. The van der Waals surface area contributed by atoms with Crippen LogP contribution in [0, 0.1) is 0 Å². The van der Waals surface area contributed by atoms with Gasteiger partial charge in [-0.15, -0.1) is 0 Å². The van der Waals surface area contributed by atoms with Gasteiger partial charge < -0.3 is 26.0 Å². The Kier molecular flexibility index (Phi) is 11.6. The highest BCUT2D eigenvalue weighted by Gasteiger charge is 2.25. The maximum atomic E-state index is 12.5. The first-order valence-corrected chi connectivity index (χ1v) is 11.2. The topological polar surface area (TPSA) is 114 Å². The van der Waals surface area contributed by atoms with Crippen LogP contribution in [-0.4, -0.2) is 49.4 Å². The number of nitrogens with one attached hydrogen (secondary N) is 2. The van der Waals surface area contributed by atoms with E-state index in [4.69, 9.17) is 5.73 Å². The molecule has 1 heterocycles. The standard InChI is InChI=1S/C17H26N4O2.C8H8O2/c1-19-15-8-3-2-4-9-21(17(15)23)12-16(22)20-14-7-5-6-13(10-14)11-18;9-7-10-6-8-4-2-1-3-5-8/h5-7,10,15,19H,2-4,8-9,11-12,18H2,1H3,(H,20,22);1-5,7H,6H2. The van der Waals surface area contributed by atoms with Gasteiger partial charge in [0.15, 0.2) is 0 Å². The molecular formula is C25H34N4O4. The predicted molar refractivity (Wildman–Crippen MR) is 128 cm³/mol. The molecule has 1 fully saturated rings. The molecule has 8 heteroatoms. The van der Waals surface area contributed by atoms with Gasteiger partial charge in [-0.2, -0.15) is 0 Å². The minimum Gasteiger partial charge on any atom is -0.463 e. The lowest BCUT2D eigenvalue weighted by Gasteiger charge is -2.29. The largest absolute Gasteiger partial charge is 0.463 e. The van der Waals surface area contributed by atoms with E-state index in [1.165, 1.54) is 0 Å². The fourth-order valence-corrected chi connectivity index (χ4v) is 3.56. The number of hydrogen-bond acceptors (Lipinski definition) is 6. The van der Waals surface area contributed by atoms with E-state index in [9.17, 15) is 14.4 Å². The van der Waals surface area contributed by atoms with Crippen LogP contribution in [0.15, 0.2) is 54.6 Å². The smallest absolute Gasteiger partial charge is 0.293 e. The first-order valence-electron chi connectivity index (χ1n) is 11.2. The van der Waals surface area contributed by atoms with E-state index >= 15 is 0 Å². The number of likely N-dealkylation sites (tertiary alicyclic amines) is 1. The molecule has 178 valence electrons. The Hall–Kier alpha value is -3.23. The molecule has 3 rings (SSSR count). The number of amides is 2. The van der Waals surface area contributed by atoms with Crippen molar-refractivity contribution in [2.24, 2.45) is 5.73 Å². The molecule has 4 N–H and O–H groups in total. The summed E-state index contributed by atoms with van der Waals surface area (Å²) in [6, 6.07) is 16.8. The van der Waals surface area contributed by atoms with Crippen LogP contribution < -0.4 is 16.4 Å². The number of carbonyl (C=O) groups excluding carboxylic acids is 3. The molecule has 2 aromatic carbocycles. The van der Waals surface area contributed by atoms with Gasteiger partial charge in [-0.05, 0) is 43.1 Å². The molecular weight excluding hydrogens is 420 g/mol. The van der Waals surface area contributed by atoms with Crippen LogP contribution in [0.25, 0.3) is 0 Å². The molecule has 0 bridgehead atoms. The summed E-state index contributed by atoms with van der Waals surface area (Å²) in [7, 11) is 1.79.